The highest BCUT2D eigenvalue weighted by atomic mass is 28.3. The fourth-order valence-electron chi connectivity index (χ4n) is 3.49. The summed E-state index contributed by atoms with van der Waals surface area (Å²) in [5.41, 5.74) is 1.20. The third-order valence-electron chi connectivity index (χ3n) is 5.49. The average molecular weight is 456 g/mol. The van der Waals surface area contributed by atoms with Gasteiger partial charge < -0.3 is 15.4 Å². The van der Waals surface area contributed by atoms with Crippen LogP contribution in [0.4, 0.5) is 5.69 Å². The molecule has 2 aromatic carbocycles. The Morgan fingerprint density at radius 2 is 1.72 bits per heavy atom. The third kappa shape index (κ3) is 5.54. The quantitative estimate of drug-likeness (QED) is 0.439. The highest BCUT2D eigenvalue weighted by Gasteiger charge is 2.36. The van der Waals surface area contributed by atoms with Crippen molar-refractivity contribution >= 4 is 36.7 Å². The minimum atomic E-state index is -1.46. The monoisotopic (exact) mass is 455 g/mol. The van der Waals surface area contributed by atoms with Crippen LogP contribution < -0.4 is 20.6 Å². The van der Waals surface area contributed by atoms with Gasteiger partial charge in [-0.15, -0.1) is 0 Å². The Kier molecular flexibility index (Phi) is 7.00. The summed E-state index contributed by atoms with van der Waals surface area (Å²) in [5, 5.41) is 16.9. The van der Waals surface area contributed by atoms with Crippen LogP contribution in [0.2, 0.25) is 19.6 Å². The number of benzene rings is 2. The Morgan fingerprint density at radius 1 is 1.09 bits per heavy atom. The van der Waals surface area contributed by atoms with E-state index in [1.54, 1.807) is 31.4 Å². The van der Waals surface area contributed by atoms with Crippen LogP contribution in [0.15, 0.2) is 48.5 Å². The molecule has 2 aromatic rings. The van der Waals surface area contributed by atoms with Gasteiger partial charge in [0.1, 0.15) is 11.8 Å². The maximum absolute atomic E-state index is 13.2. The molecule has 32 heavy (non-hydrogen) atoms. The lowest BCUT2D eigenvalue weighted by Gasteiger charge is -2.21. The van der Waals surface area contributed by atoms with Gasteiger partial charge in [-0.1, -0.05) is 49.1 Å². The number of rotatable bonds is 7. The second-order valence-corrected chi connectivity index (χ2v) is 14.0. The van der Waals surface area contributed by atoms with Gasteiger partial charge >= 0.3 is 0 Å². The fourth-order valence-corrected chi connectivity index (χ4v) is 4.66. The SMILES string of the molecule is COc1ccc(C(NC(=O)C2CC(=O)N(O)C2)C(=O)Nc2ccc([Si](C)(C)C)cc2)cc1. The number of hydrogen-bond acceptors (Lipinski definition) is 5. The van der Waals surface area contributed by atoms with Crippen LogP contribution >= 0.6 is 0 Å². The highest BCUT2D eigenvalue weighted by molar-refractivity contribution is 6.88. The van der Waals surface area contributed by atoms with E-state index < -0.39 is 37.8 Å². The van der Waals surface area contributed by atoms with Gasteiger partial charge in [0.25, 0.3) is 5.91 Å². The summed E-state index contributed by atoms with van der Waals surface area (Å²) in [6.07, 6.45) is -0.0998. The van der Waals surface area contributed by atoms with Crippen LogP contribution in [-0.4, -0.2) is 49.7 Å². The number of carbonyl (C=O) groups is 3. The molecule has 3 N–H and O–H groups in total. The van der Waals surface area contributed by atoms with Crippen molar-refractivity contribution in [3.05, 3.63) is 54.1 Å². The van der Waals surface area contributed by atoms with E-state index >= 15 is 0 Å². The number of methoxy groups -OCH3 is 1. The predicted octanol–water partition coefficient (Wildman–Crippen LogP) is 2.27. The third-order valence-corrected chi connectivity index (χ3v) is 7.55. The molecule has 0 saturated carbocycles. The molecule has 1 saturated heterocycles. The lowest BCUT2D eigenvalue weighted by molar-refractivity contribution is -0.157. The average Bonchev–Trinajstić information content (AvgIpc) is 3.10. The summed E-state index contributed by atoms with van der Waals surface area (Å²) in [5.74, 6) is -1.50. The number of amides is 3. The van der Waals surface area contributed by atoms with Crippen molar-refractivity contribution in [2.24, 2.45) is 5.92 Å². The molecule has 0 spiro atoms. The van der Waals surface area contributed by atoms with Crippen LogP contribution in [0.25, 0.3) is 0 Å². The zero-order chi connectivity index (χ0) is 23.5. The van der Waals surface area contributed by atoms with Crippen LogP contribution in [0.3, 0.4) is 0 Å². The summed E-state index contributed by atoms with van der Waals surface area (Å²) in [6, 6.07) is 13.6. The number of ether oxygens (including phenoxy) is 1. The second-order valence-electron chi connectivity index (χ2n) is 8.91. The van der Waals surface area contributed by atoms with Crippen molar-refractivity contribution in [1.29, 1.82) is 0 Å². The standard InChI is InChI=1S/C23H29N3O5Si/c1-31-18-9-5-15(6-10-18)21(25-22(28)16-13-20(27)26(30)14-16)23(29)24-17-7-11-19(12-8-17)32(2,3)4/h5-12,16,21,30H,13-14H2,1-4H3,(H,24,29)(H,25,28). The summed E-state index contributed by atoms with van der Waals surface area (Å²) in [6.45, 7) is 6.64. The van der Waals surface area contributed by atoms with E-state index in [9.17, 15) is 19.6 Å². The lowest BCUT2D eigenvalue weighted by atomic mass is 10.0. The number of anilines is 1. The molecule has 1 fully saturated rings. The first-order valence-corrected chi connectivity index (χ1v) is 13.9. The van der Waals surface area contributed by atoms with Crippen molar-refractivity contribution < 1.29 is 24.3 Å². The van der Waals surface area contributed by atoms with E-state index in [1.807, 2.05) is 24.3 Å². The first kappa shape index (κ1) is 23.5. The summed E-state index contributed by atoms with van der Waals surface area (Å²) in [7, 11) is 0.0830. The molecule has 0 bridgehead atoms. The van der Waals surface area contributed by atoms with E-state index in [2.05, 4.69) is 30.3 Å². The predicted molar refractivity (Wildman–Crippen MR) is 124 cm³/mol. The van der Waals surface area contributed by atoms with Crippen molar-refractivity contribution in [2.75, 3.05) is 19.0 Å². The van der Waals surface area contributed by atoms with Gasteiger partial charge in [-0.25, -0.2) is 5.06 Å². The minimum absolute atomic E-state index is 0.0974. The molecule has 170 valence electrons. The van der Waals surface area contributed by atoms with Crippen LogP contribution in [-0.2, 0) is 14.4 Å². The Labute approximate surface area is 188 Å². The van der Waals surface area contributed by atoms with Gasteiger partial charge in [-0.2, -0.15) is 0 Å². The molecule has 9 heteroatoms. The molecular weight excluding hydrogens is 426 g/mol. The molecule has 2 unspecified atom stereocenters. The number of carbonyl (C=O) groups excluding carboxylic acids is 3. The normalized spacial score (nSPS) is 17.1. The Balaban J connectivity index is 1.80. The Morgan fingerprint density at radius 3 is 2.22 bits per heavy atom. The summed E-state index contributed by atoms with van der Waals surface area (Å²) in [4.78, 5) is 37.5. The van der Waals surface area contributed by atoms with Gasteiger partial charge in [0.2, 0.25) is 11.8 Å². The van der Waals surface area contributed by atoms with Crippen molar-refractivity contribution in [2.45, 2.75) is 32.1 Å². The number of hydrogen-bond donors (Lipinski definition) is 3. The van der Waals surface area contributed by atoms with Gasteiger partial charge in [-0.05, 0) is 29.8 Å². The molecule has 0 aliphatic carbocycles. The smallest absolute Gasteiger partial charge is 0.251 e. The maximum atomic E-state index is 13.2. The molecule has 1 aliphatic rings. The molecule has 0 aromatic heterocycles. The molecule has 3 rings (SSSR count). The van der Waals surface area contributed by atoms with Crippen molar-refractivity contribution in [3.8, 4) is 5.75 Å². The van der Waals surface area contributed by atoms with Crippen LogP contribution in [0.5, 0.6) is 5.75 Å². The van der Waals surface area contributed by atoms with Gasteiger partial charge in [0, 0.05) is 12.1 Å². The molecule has 1 heterocycles. The van der Waals surface area contributed by atoms with Crippen LogP contribution in [0.1, 0.15) is 18.0 Å². The molecule has 0 radical (unpaired) electrons. The lowest BCUT2D eigenvalue weighted by Crippen LogP contribution is -2.41. The number of nitrogens with zero attached hydrogens (tertiary/aromatic N) is 1. The topological polar surface area (TPSA) is 108 Å². The molecule has 8 nitrogen and oxygen atoms in total. The van der Waals surface area contributed by atoms with E-state index in [-0.39, 0.29) is 13.0 Å². The molecular formula is C23H29N3O5Si. The summed E-state index contributed by atoms with van der Waals surface area (Å²) >= 11 is 0. The second kappa shape index (κ2) is 9.54. The zero-order valence-electron chi connectivity index (χ0n) is 18.7. The van der Waals surface area contributed by atoms with Gasteiger partial charge in [0.05, 0.1) is 27.6 Å². The fraction of sp³-hybridized carbons (Fsp3) is 0.348. The van der Waals surface area contributed by atoms with E-state index in [0.29, 0.717) is 22.1 Å². The van der Waals surface area contributed by atoms with Crippen LogP contribution in [0, 0.1) is 5.92 Å². The van der Waals surface area contributed by atoms with E-state index in [4.69, 9.17) is 4.74 Å². The van der Waals surface area contributed by atoms with Crippen molar-refractivity contribution in [3.63, 3.8) is 0 Å². The largest absolute Gasteiger partial charge is 0.497 e. The number of nitrogens with one attached hydrogen (secondary N) is 2. The Hall–Kier alpha value is -3.17. The van der Waals surface area contributed by atoms with Gasteiger partial charge in [-0.3, -0.25) is 19.6 Å². The summed E-state index contributed by atoms with van der Waals surface area (Å²) < 4.78 is 5.17. The van der Waals surface area contributed by atoms with E-state index in [1.165, 1.54) is 5.19 Å². The maximum Gasteiger partial charge on any atom is 0.251 e. The van der Waals surface area contributed by atoms with Crippen molar-refractivity contribution in [1.82, 2.24) is 10.4 Å². The molecule has 3 amide bonds. The first-order valence-electron chi connectivity index (χ1n) is 10.4. The molecule has 2 atom stereocenters. The van der Waals surface area contributed by atoms with E-state index in [0.717, 1.165) is 0 Å². The zero-order valence-corrected chi connectivity index (χ0v) is 19.7. The number of hydroxylamine groups is 2. The Bertz CT molecular complexity index is 986. The minimum Gasteiger partial charge on any atom is -0.497 e. The van der Waals surface area contributed by atoms with Gasteiger partial charge in [0.15, 0.2) is 0 Å². The first-order chi connectivity index (χ1) is 15.1. The molecule has 1 aliphatic heterocycles. The highest BCUT2D eigenvalue weighted by Crippen LogP contribution is 2.22.